The Balaban J connectivity index is 1.61. The lowest BCUT2D eigenvalue weighted by atomic mass is 10.0. The molecule has 1 atom stereocenters. The highest BCUT2D eigenvalue weighted by Crippen LogP contribution is 2.12. The molecule has 0 unspecified atom stereocenters. The van der Waals surface area contributed by atoms with E-state index in [-0.39, 0.29) is 11.9 Å². The molecule has 0 saturated carbocycles. The summed E-state index contributed by atoms with van der Waals surface area (Å²) < 4.78 is 0. The first-order chi connectivity index (χ1) is 12.3. The second kappa shape index (κ2) is 12.1. The molecule has 0 aliphatic carbocycles. The van der Waals surface area contributed by atoms with Crippen LogP contribution in [0, 0.1) is 0 Å². The van der Waals surface area contributed by atoms with Crippen LogP contribution in [0.1, 0.15) is 87.1 Å². The van der Waals surface area contributed by atoms with Crippen molar-refractivity contribution in [2.24, 2.45) is 0 Å². The number of amides is 1. The number of hydrogen-bond donors (Lipinski definition) is 2. The lowest BCUT2D eigenvalue weighted by Crippen LogP contribution is -2.45. The Labute approximate surface area is 154 Å². The number of piperidine rings is 1. The van der Waals surface area contributed by atoms with Crippen molar-refractivity contribution in [1.29, 1.82) is 0 Å². The van der Waals surface area contributed by atoms with Crippen molar-refractivity contribution in [3.63, 3.8) is 0 Å². The average molecular weight is 345 g/mol. The van der Waals surface area contributed by atoms with Gasteiger partial charge in [0.05, 0.1) is 0 Å². The molecule has 1 aromatic carbocycles. The van der Waals surface area contributed by atoms with Gasteiger partial charge in [-0.15, -0.1) is 0 Å². The predicted octanol–water partition coefficient (Wildman–Crippen LogP) is 4.85. The van der Waals surface area contributed by atoms with E-state index in [2.05, 4.69) is 29.7 Å². The number of benzene rings is 1. The fourth-order valence-electron chi connectivity index (χ4n) is 3.53. The summed E-state index contributed by atoms with van der Waals surface area (Å²) in [5, 5.41) is 6.47. The maximum absolute atomic E-state index is 12.3. The molecule has 1 aliphatic heterocycles. The topological polar surface area (TPSA) is 41.1 Å². The summed E-state index contributed by atoms with van der Waals surface area (Å²) in [6.45, 7) is 4.23. The Morgan fingerprint density at radius 2 is 1.72 bits per heavy atom. The van der Waals surface area contributed by atoms with Gasteiger partial charge in [0.1, 0.15) is 0 Å². The Bertz CT molecular complexity index is 477. The van der Waals surface area contributed by atoms with Crippen molar-refractivity contribution in [1.82, 2.24) is 10.6 Å². The van der Waals surface area contributed by atoms with Gasteiger partial charge in [-0.25, -0.2) is 0 Å². The Kier molecular flexibility index (Phi) is 9.65. The van der Waals surface area contributed by atoms with Crippen LogP contribution in [0.4, 0.5) is 0 Å². The molecule has 3 heteroatoms. The molecule has 0 radical (unpaired) electrons. The van der Waals surface area contributed by atoms with E-state index < -0.39 is 0 Å². The summed E-state index contributed by atoms with van der Waals surface area (Å²) in [5.41, 5.74) is 2.13. The standard InChI is InChI=1S/C22H36N2O/c1-2-3-4-5-6-7-8-9-11-19-13-15-20(16-14-19)22(25)24-21-12-10-17-23-18-21/h13-16,21,23H,2-12,17-18H2,1H3,(H,24,25)/t21-/m0/s1. The first-order valence-corrected chi connectivity index (χ1v) is 10.4. The van der Waals surface area contributed by atoms with Gasteiger partial charge in [-0.1, -0.05) is 64.0 Å². The van der Waals surface area contributed by atoms with Crippen LogP contribution in [0.25, 0.3) is 0 Å². The number of carbonyl (C=O) groups is 1. The van der Waals surface area contributed by atoms with E-state index in [1.807, 2.05) is 12.1 Å². The zero-order valence-electron chi connectivity index (χ0n) is 16.0. The lowest BCUT2D eigenvalue weighted by Gasteiger charge is -2.23. The van der Waals surface area contributed by atoms with Crippen molar-refractivity contribution in [2.75, 3.05) is 13.1 Å². The quantitative estimate of drug-likeness (QED) is 0.563. The third kappa shape index (κ3) is 8.04. The maximum Gasteiger partial charge on any atom is 0.251 e. The van der Waals surface area contributed by atoms with Crippen LogP contribution in [0.5, 0.6) is 0 Å². The molecule has 1 heterocycles. The minimum absolute atomic E-state index is 0.0623. The van der Waals surface area contributed by atoms with Crippen molar-refractivity contribution in [3.8, 4) is 0 Å². The number of carbonyl (C=O) groups excluding carboxylic acids is 1. The zero-order valence-corrected chi connectivity index (χ0v) is 16.0. The van der Waals surface area contributed by atoms with Crippen molar-refractivity contribution >= 4 is 5.91 Å². The first kappa shape index (κ1) is 20.0. The SMILES string of the molecule is CCCCCCCCCCc1ccc(C(=O)N[C@H]2CCCNC2)cc1. The lowest BCUT2D eigenvalue weighted by molar-refractivity contribution is 0.0930. The molecule has 0 bridgehead atoms. The largest absolute Gasteiger partial charge is 0.348 e. The second-order valence-corrected chi connectivity index (χ2v) is 7.44. The number of unbranched alkanes of at least 4 members (excludes halogenated alkanes) is 7. The molecule has 0 aromatic heterocycles. The molecule has 1 amide bonds. The fraction of sp³-hybridized carbons (Fsp3) is 0.682. The van der Waals surface area contributed by atoms with E-state index in [0.29, 0.717) is 0 Å². The molecular weight excluding hydrogens is 308 g/mol. The molecule has 1 aromatic rings. The average Bonchev–Trinajstić information content (AvgIpc) is 2.65. The molecule has 1 fully saturated rings. The minimum atomic E-state index is 0.0623. The molecule has 1 saturated heterocycles. The van der Waals surface area contributed by atoms with E-state index in [4.69, 9.17) is 0 Å². The summed E-state index contributed by atoms with van der Waals surface area (Å²) in [7, 11) is 0. The number of hydrogen-bond acceptors (Lipinski definition) is 2. The zero-order chi connectivity index (χ0) is 17.7. The Hall–Kier alpha value is -1.35. The number of nitrogens with one attached hydrogen (secondary N) is 2. The van der Waals surface area contributed by atoms with Crippen molar-refractivity contribution in [3.05, 3.63) is 35.4 Å². The Morgan fingerprint density at radius 3 is 2.36 bits per heavy atom. The van der Waals surface area contributed by atoms with Crippen LogP contribution in [0.2, 0.25) is 0 Å². The highest BCUT2D eigenvalue weighted by atomic mass is 16.1. The van der Waals surface area contributed by atoms with Gasteiger partial charge in [0.2, 0.25) is 0 Å². The van der Waals surface area contributed by atoms with Gasteiger partial charge >= 0.3 is 0 Å². The molecule has 0 spiro atoms. The molecule has 2 N–H and O–H groups in total. The van der Waals surface area contributed by atoms with Crippen LogP contribution in [0.15, 0.2) is 24.3 Å². The van der Waals surface area contributed by atoms with Crippen LogP contribution >= 0.6 is 0 Å². The van der Waals surface area contributed by atoms with Gasteiger partial charge in [-0.3, -0.25) is 4.79 Å². The molecular formula is C22H36N2O. The van der Waals surface area contributed by atoms with Crippen LogP contribution in [-0.2, 0) is 6.42 Å². The van der Waals surface area contributed by atoms with Crippen molar-refractivity contribution in [2.45, 2.75) is 83.6 Å². The minimum Gasteiger partial charge on any atom is -0.348 e. The maximum atomic E-state index is 12.3. The van der Waals surface area contributed by atoms with Gasteiger partial charge in [0.15, 0.2) is 0 Å². The molecule has 1 aliphatic rings. The second-order valence-electron chi connectivity index (χ2n) is 7.44. The third-order valence-electron chi connectivity index (χ3n) is 5.17. The number of aryl methyl sites for hydroxylation is 1. The van der Waals surface area contributed by atoms with Gasteiger partial charge in [0.25, 0.3) is 5.91 Å². The molecule has 140 valence electrons. The molecule has 3 nitrogen and oxygen atoms in total. The van der Waals surface area contributed by atoms with Crippen LogP contribution in [0.3, 0.4) is 0 Å². The van der Waals surface area contributed by atoms with E-state index in [9.17, 15) is 4.79 Å². The first-order valence-electron chi connectivity index (χ1n) is 10.4. The predicted molar refractivity (Wildman–Crippen MR) is 106 cm³/mol. The van der Waals surface area contributed by atoms with Gasteiger partial charge in [0, 0.05) is 18.2 Å². The van der Waals surface area contributed by atoms with E-state index >= 15 is 0 Å². The smallest absolute Gasteiger partial charge is 0.251 e. The highest BCUT2D eigenvalue weighted by molar-refractivity contribution is 5.94. The van der Waals surface area contributed by atoms with E-state index in [1.54, 1.807) is 0 Å². The van der Waals surface area contributed by atoms with E-state index in [1.165, 1.54) is 56.9 Å². The van der Waals surface area contributed by atoms with Gasteiger partial charge in [-0.05, 0) is 49.9 Å². The highest BCUT2D eigenvalue weighted by Gasteiger charge is 2.16. The summed E-state index contributed by atoms with van der Waals surface area (Å²) >= 11 is 0. The molecule has 25 heavy (non-hydrogen) atoms. The van der Waals surface area contributed by atoms with E-state index in [0.717, 1.165) is 37.9 Å². The fourth-order valence-corrected chi connectivity index (χ4v) is 3.53. The summed E-state index contributed by atoms with van der Waals surface area (Å²) in [6.07, 6.45) is 14.2. The summed E-state index contributed by atoms with van der Waals surface area (Å²) in [5.74, 6) is 0.0623. The summed E-state index contributed by atoms with van der Waals surface area (Å²) in [6, 6.07) is 8.47. The van der Waals surface area contributed by atoms with Crippen LogP contribution in [-0.4, -0.2) is 25.0 Å². The van der Waals surface area contributed by atoms with Gasteiger partial charge < -0.3 is 10.6 Å². The van der Waals surface area contributed by atoms with Crippen molar-refractivity contribution < 1.29 is 4.79 Å². The van der Waals surface area contributed by atoms with Gasteiger partial charge in [-0.2, -0.15) is 0 Å². The Morgan fingerprint density at radius 1 is 1.04 bits per heavy atom. The monoisotopic (exact) mass is 344 g/mol. The molecule has 2 rings (SSSR count). The third-order valence-corrected chi connectivity index (χ3v) is 5.17. The normalized spacial score (nSPS) is 17.4. The number of rotatable bonds is 11. The summed E-state index contributed by atoms with van der Waals surface area (Å²) in [4.78, 5) is 12.3. The van der Waals surface area contributed by atoms with Crippen LogP contribution < -0.4 is 10.6 Å².